The molecule has 2 heterocycles. The van der Waals surface area contributed by atoms with Crippen LogP contribution in [0.2, 0.25) is 0 Å². The van der Waals surface area contributed by atoms with E-state index in [-0.39, 0.29) is 27.7 Å². The van der Waals surface area contributed by atoms with Crippen LogP contribution < -0.4 is 5.32 Å². The molecule has 1 unspecified atom stereocenters. The number of aromatic nitrogens is 2. The minimum absolute atomic E-state index is 0.108. The summed E-state index contributed by atoms with van der Waals surface area (Å²) in [5.74, 6) is -0.587. The minimum Gasteiger partial charge on any atom is -0.301 e. The van der Waals surface area contributed by atoms with Crippen LogP contribution in [0.15, 0.2) is 28.6 Å². The van der Waals surface area contributed by atoms with E-state index in [0.717, 1.165) is 16.9 Å². The Labute approximate surface area is 155 Å². The Morgan fingerprint density at radius 2 is 1.92 bits per heavy atom. The molecule has 0 aliphatic carbocycles. The van der Waals surface area contributed by atoms with E-state index in [9.17, 15) is 18.0 Å². The van der Waals surface area contributed by atoms with Gasteiger partial charge in [0.2, 0.25) is 15.4 Å². The highest BCUT2D eigenvalue weighted by Gasteiger charge is 2.41. The molecule has 3 rings (SSSR count). The number of benzene rings is 1. The van der Waals surface area contributed by atoms with Crippen molar-refractivity contribution in [2.24, 2.45) is 0 Å². The van der Waals surface area contributed by atoms with E-state index < -0.39 is 16.1 Å². The fourth-order valence-corrected chi connectivity index (χ4v) is 5.53. The molecule has 1 aromatic carbocycles. The summed E-state index contributed by atoms with van der Waals surface area (Å²) in [6.45, 7) is 3.47. The second kappa shape index (κ2) is 7.22. The van der Waals surface area contributed by atoms with Crippen molar-refractivity contribution in [3.05, 3.63) is 35.4 Å². The van der Waals surface area contributed by atoms with Gasteiger partial charge in [0, 0.05) is 19.0 Å². The maximum atomic E-state index is 12.9. The van der Waals surface area contributed by atoms with Gasteiger partial charge in [-0.15, -0.1) is 10.2 Å². The van der Waals surface area contributed by atoms with E-state index in [1.54, 1.807) is 12.1 Å². The molecule has 8 nitrogen and oxygen atoms in total. The number of nitrogens with zero attached hydrogens (tertiary/aromatic N) is 3. The highest BCUT2D eigenvalue weighted by atomic mass is 32.2. The van der Waals surface area contributed by atoms with Crippen LogP contribution in [0.25, 0.3) is 0 Å². The summed E-state index contributed by atoms with van der Waals surface area (Å²) in [7, 11) is -3.96. The number of rotatable bonds is 5. The smallest absolute Gasteiger partial charge is 0.273 e. The van der Waals surface area contributed by atoms with Crippen molar-refractivity contribution in [2.45, 2.75) is 37.1 Å². The molecule has 1 aromatic heterocycles. The van der Waals surface area contributed by atoms with Crippen molar-refractivity contribution in [2.75, 3.05) is 11.9 Å². The van der Waals surface area contributed by atoms with Crippen LogP contribution in [-0.2, 0) is 14.8 Å². The number of hydrogen-bond acceptors (Lipinski definition) is 7. The molecule has 1 fully saturated rings. The topological polar surface area (TPSA) is 109 Å². The van der Waals surface area contributed by atoms with Gasteiger partial charge in [0.25, 0.3) is 10.0 Å². The Balaban J connectivity index is 1.86. The Morgan fingerprint density at radius 1 is 1.23 bits per heavy atom. The molecule has 1 saturated heterocycles. The maximum Gasteiger partial charge on any atom is 0.273 e. The number of Topliss-reactive ketones (excluding diaryl/α,β-unsaturated/α-hetero) is 1. The van der Waals surface area contributed by atoms with Gasteiger partial charge in [0.05, 0.1) is 6.04 Å². The summed E-state index contributed by atoms with van der Waals surface area (Å²) in [5, 5.41) is 9.87. The molecule has 10 heteroatoms. The monoisotopic (exact) mass is 394 g/mol. The molecule has 1 aliphatic heterocycles. The van der Waals surface area contributed by atoms with Crippen molar-refractivity contribution in [1.29, 1.82) is 0 Å². The first kappa shape index (κ1) is 18.6. The van der Waals surface area contributed by atoms with Crippen LogP contribution in [-0.4, -0.2) is 47.2 Å². The van der Waals surface area contributed by atoms with Crippen LogP contribution in [0.1, 0.15) is 35.7 Å². The fraction of sp³-hybridized carbons (Fsp3) is 0.375. The van der Waals surface area contributed by atoms with Gasteiger partial charge in [-0.3, -0.25) is 9.59 Å². The number of ketones is 1. The largest absolute Gasteiger partial charge is 0.301 e. The zero-order chi connectivity index (χ0) is 18.9. The quantitative estimate of drug-likeness (QED) is 0.612. The van der Waals surface area contributed by atoms with Crippen molar-refractivity contribution >= 4 is 38.2 Å². The van der Waals surface area contributed by atoms with Crippen LogP contribution >= 0.6 is 11.3 Å². The van der Waals surface area contributed by atoms with Crippen molar-refractivity contribution in [3.63, 3.8) is 0 Å². The molecule has 1 N–H and O–H groups in total. The van der Waals surface area contributed by atoms with Gasteiger partial charge < -0.3 is 5.32 Å². The third-order valence-electron chi connectivity index (χ3n) is 4.06. The number of nitrogens with one attached hydrogen (secondary N) is 1. The fourth-order valence-electron chi connectivity index (χ4n) is 2.82. The molecule has 0 radical (unpaired) electrons. The Bertz CT molecular complexity index is 937. The lowest BCUT2D eigenvalue weighted by atomic mass is 10.0. The van der Waals surface area contributed by atoms with Gasteiger partial charge in [-0.25, -0.2) is 8.42 Å². The first-order valence-electron chi connectivity index (χ1n) is 8.03. The molecule has 26 heavy (non-hydrogen) atoms. The maximum absolute atomic E-state index is 12.9. The van der Waals surface area contributed by atoms with E-state index in [0.29, 0.717) is 18.4 Å². The third kappa shape index (κ3) is 3.67. The number of aryl methyl sites for hydroxylation is 1. The lowest BCUT2D eigenvalue weighted by Gasteiger charge is -2.21. The molecule has 2 aromatic rings. The molecule has 1 aliphatic rings. The molecule has 0 bridgehead atoms. The number of amides is 1. The van der Waals surface area contributed by atoms with Gasteiger partial charge in [-0.1, -0.05) is 41.2 Å². The average molecular weight is 394 g/mol. The van der Waals surface area contributed by atoms with Gasteiger partial charge in [0.15, 0.2) is 5.78 Å². The Kier molecular flexibility index (Phi) is 5.17. The van der Waals surface area contributed by atoms with E-state index in [2.05, 4.69) is 15.5 Å². The van der Waals surface area contributed by atoms with Crippen molar-refractivity contribution in [3.8, 4) is 0 Å². The summed E-state index contributed by atoms with van der Waals surface area (Å²) >= 11 is 0.771. The predicted octanol–water partition coefficient (Wildman–Crippen LogP) is 1.84. The third-order valence-corrected chi connectivity index (χ3v) is 7.15. The van der Waals surface area contributed by atoms with E-state index in [4.69, 9.17) is 0 Å². The predicted molar refractivity (Wildman–Crippen MR) is 96.6 cm³/mol. The molecule has 1 atom stereocenters. The lowest BCUT2D eigenvalue weighted by molar-refractivity contribution is -0.114. The van der Waals surface area contributed by atoms with E-state index >= 15 is 0 Å². The normalized spacial score (nSPS) is 18.0. The van der Waals surface area contributed by atoms with Crippen molar-refractivity contribution in [1.82, 2.24) is 14.5 Å². The van der Waals surface area contributed by atoms with Crippen molar-refractivity contribution < 1.29 is 18.0 Å². The highest BCUT2D eigenvalue weighted by Crippen LogP contribution is 2.30. The van der Waals surface area contributed by atoms with E-state index in [1.165, 1.54) is 11.2 Å². The second-order valence-electron chi connectivity index (χ2n) is 6.06. The minimum atomic E-state index is -3.96. The molecule has 0 saturated carbocycles. The Hall–Kier alpha value is -2.17. The van der Waals surface area contributed by atoms with Gasteiger partial charge in [-0.05, 0) is 19.8 Å². The van der Waals surface area contributed by atoms with Crippen LogP contribution in [0, 0.1) is 6.92 Å². The SMILES string of the molecule is CC(=O)Nc1nnc(S(=O)(=O)N2CCCC2C(=O)c2ccc(C)cc2)s1. The number of carbonyl (C=O) groups is 2. The highest BCUT2D eigenvalue weighted by molar-refractivity contribution is 7.91. The molecule has 0 spiro atoms. The summed E-state index contributed by atoms with van der Waals surface area (Å²) in [4.78, 5) is 23.9. The summed E-state index contributed by atoms with van der Waals surface area (Å²) in [6.07, 6.45) is 1.06. The molecular weight excluding hydrogens is 376 g/mol. The number of anilines is 1. The summed E-state index contributed by atoms with van der Waals surface area (Å²) in [5.41, 5.74) is 1.51. The molecule has 138 valence electrons. The standard InChI is InChI=1S/C16H18N4O4S2/c1-10-5-7-12(8-6-10)14(22)13-4-3-9-20(13)26(23,24)16-19-18-15(25-16)17-11(2)21/h5-8,13H,3-4,9H2,1-2H3,(H,17,18,21). The average Bonchev–Trinajstić information content (AvgIpc) is 3.24. The first-order chi connectivity index (χ1) is 12.3. The lowest BCUT2D eigenvalue weighted by Crippen LogP contribution is -2.40. The second-order valence-corrected chi connectivity index (χ2v) is 9.10. The number of carbonyl (C=O) groups excluding carboxylic acids is 2. The van der Waals surface area contributed by atoms with Crippen LogP contribution in [0.3, 0.4) is 0 Å². The van der Waals surface area contributed by atoms with Crippen LogP contribution in [0.4, 0.5) is 5.13 Å². The zero-order valence-electron chi connectivity index (χ0n) is 14.3. The number of sulfonamides is 1. The van der Waals surface area contributed by atoms with Gasteiger partial charge in [0.1, 0.15) is 0 Å². The summed E-state index contributed by atoms with van der Waals surface area (Å²) in [6, 6.07) is 6.31. The summed E-state index contributed by atoms with van der Waals surface area (Å²) < 4.78 is 26.8. The number of hydrogen-bond donors (Lipinski definition) is 1. The van der Waals surface area contributed by atoms with Gasteiger partial charge in [-0.2, -0.15) is 4.31 Å². The molecular formula is C16H18N4O4S2. The molecule has 1 amide bonds. The van der Waals surface area contributed by atoms with E-state index in [1.807, 2.05) is 19.1 Å². The zero-order valence-corrected chi connectivity index (χ0v) is 15.9. The Morgan fingerprint density at radius 3 is 2.58 bits per heavy atom. The van der Waals surface area contributed by atoms with Gasteiger partial charge >= 0.3 is 0 Å². The first-order valence-corrected chi connectivity index (χ1v) is 10.3. The van der Waals surface area contributed by atoms with Crippen LogP contribution in [0.5, 0.6) is 0 Å².